The summed E-state index contributed by atoms with van der Waals surface area (Å²) in [5.41, 5.74) is 4.42. The van der Waals surface area contributed by atoms with Gasteiger partial charge in [0.25, 0.3) is 5.91 Å². The Labute approximate surface area is 154 Å². The molecule has 1 aliphatic rings. The second kappa shape index (κ2) is 6.37. The first-order valence-electron chi connectivity index (χ1n) is 8.25. The van der Waals surface area contributed by atoms with Crippen LogP contribution in [0, 0.1) is 6.92 Å². The Balaban J connectivity index is 1.76. The summed E-state index contributed by atoms with van der Waals surface area (Å²) in [6.45, 7) is 4.58. The number of aromatic nitrogens is 1. The topological polar surface area (TPSA) is 25.2 Å². The van der Waals surface area contributed by atoms with Gasteiger partial charge in [-0.15, -0.1) is 11.3 Å². The number of amides is 1. The zero-order chi connectivity index (χ0) is 16.7. The first-order valence-corrected chi connectivity index (χ1v) is 9.86. The number of hydrogen-bond acceptors (Lipinski definition) is 2. The molecule has 124 valence electrons. The summed E-state index contributed by atoms with van der Waals surface area (Å²) in [5.74, 6) is 0.166. The molecular formula is C19H19BrN2OS. The maximum atomic E-state index is 13.0. The smallest absolute Gasteiger partial charge is 0.270 e. The van der Waals surface area contributed by atoms with E-state index in [1.807, 2.05) is 4.90 Å². The van der Waals surface area contributed by atoms with Crippen molar-refractivity contribution in [3.8, 4) is 0 Å². The van der Waals surface area contributed by atoms with Gasteiger partial charge in [-0.05, 0) is 53.4 Å². The summed E-state index contributed by atoms with van der Waals surface area (Å²) in [6.07, 6.45) is 2.23. The van der Waals surface area contributed by atoms with Crippen LogP contribution in [0.15, 0.2) is 40.2 Å². The normalized spacial score (nSPS) is 14.7. The fourth-order valence-corrected chi connectivity index (χ4v) is 4.88. The van der Waals surface area contributed by atoms with Crippen LogP contribution in [0.4, 0.5) is 0 Å². The zero-order valence-corrected chi connectivity index (χ0v) is 16.0. The molecule has 0 spiro atoms. The van der Waals surface area contributed by atoms with Gasteiger partial charge in [0, 0.05) is 19.6 Å². The van der Waals surface area contributed by atoms with Crippen molar-refractivity contribution in [2.24, 2.45) is 0 Å². The maximum absolute atomic E-state index is 13.0. The molecule has 0 unspecified atom stereocenters. The molecule has 5 heteroatoms. The maximum Gasteiger partial charge on any atom is 0.270 e. The average molecular weight is 403 g/mol. The number of thiophene rings is 1. The summed E-state index contributed by atoms with van der Waals surface area (Å²) in [6, 6.07) is 12.7. The number of benzene rings is 1. The lowest BCUT2D eigenvalue weighted by Crippen LogP contribution is -2.29. The van der Waals surface area contributed by atoms with Gasteiger partial charge < -0.3 is 9.47 Å². The third-order valence-electron chi connectivity index (χ3n) is 4.63. The SMILES string of the molecule is Cc1ccc(Cn2c(C(=O)N3CCCC3)cc3sc(Br)cc32)cc1. The quantitative estimate of drug-likeness (QED) is 0.600. The fraction of sp³-hybridized carbons (Fsp3) is 0.316. The van der Waals surface area contributed by atoms with Crippen LogP contribution >= 0.6 is 27.3 Å². The molecule has 3 heterocycles. The molecule has 4 rings (SSSR count). The number of aryl methyl sites for hydroxylation is 1. The number of nitrogens with zero attached hydrogens (tertiary/aromatic N) is 2. The highest BCUT2D eigenvalue weighted by Gasteiger charge is 2.24. The van der Waals surface area contributed by atoms with Crippen molar-refractivity contribution >= 4 is 43.4 Å². The van der Waals surface area contributed by atoms with Gasteiger partial charge in [0.2, 0.25) is 0 Å². The van der Waals surface area contributed by atoms with Crippen LogP contribution in [0.1, 0.15) is 34.5 Å². The standard InChI is InChI=1S/C19H19BrN2OS/c1-13-4-6-14(7-5-13)12-22-15-11-18(20)24-17(15)10-16(22)19(23)21-8-2-3-9-21/h4-7,10-11H,2-3,8-9,12H2,1H3. The Hall–Kier alpha value is -1.59. The Morgan fingerprint density at radius 1 is 1.17 bits per heavy atom. The lowest BCUT2D eigenvalue weighted by atomic mass is 10.1. The number of carbonyl (C=O) groups excluding carboxylic acids is 1. The second-order valence-corrected chi connectivity index (χ2v) is 8.86. The van der Waals surface area contributed by atoms with E-state index in [-0.39, 0.29) is 5.91 Å². The molecule has 0 N–H and O–H groups in total. The van der Waals surface area contributed by atoms with Gasteiger partial charge in [-0.1, -0.05) is 29.8 Å². The fourth-order valence-electron chi connectivity index (χ4n) is 3.32. The number of halogens is 1. The van der Waals surface area contributed by atoms with Gasteiger partial charge in [0.1, 0.15) is 5.69 Å². The van der Waals surface area contributed by atoms with Gasteiger partial charge >= 0.3 is 0 Å². The minimum Gasteiger partial charge on any atom is -0.337 e. The molecular weight excluding hydrogens is 384 g/mol. The van der Waals surface area contributed by atoms with Gasteiger partial charge in [0.05, 0.1) is 14.0 Å². The van der Waals surface area contributed by atoms with E-state index >= 15 is 0 Å². The average Bonchev–Trinajstić information content (AvgIpc) is 3.26. The highest BCUT2D eigenvalue weighted by Crippen LogP contribution is 2.33. The largest absolute Gasteiger partial charge is 0.337 e. The van der Waals surface area contributed by atoms with E-state index in [4.69, 9.17) is 0 Å². The summed E-state index contributed by atoms with van der Waals surface area (Å²) in [5, 5.41) is 0. The molecule has 1 aliphatic heterocycles. The van der Waals surface area contributed by atoms with Crippen LogP contribution in [0.25, 0.3) is 10.2 Å². The van der Waals surface area contributed by atoms with E-state index in [1.165, 1.54) is 11.1 Å². The minimum atomic E-state index is 0.166. The van der Waals surface area contributed by atoms with Crippen LogP contribution in [0.3, 0.4) is 0 Å². The van der Waals surface area contributed by atoms with Gasteiger partial charge in [0.15, 0.2) is 0 Å². The van der Waals surface area contributed by atoms with Gasteiger partial charge in [-0.25, -0.2) is 0 Å². The molecule has 0 saturated carbocycles. The van der Waals surface area contributed by atoms with Crippen LogP contribution in [-0.4, -0.2) is 28.5 Å². The monoisotopic (exact) mass is 402 g/mol. The van der Waals surface area contributed by atoms with E-state index in [1.54, 1.807) is 11.3 Å². The van der Waals surface area contributed by atoms with E-state index in [9.17, 15) is 4.79 Å². The van der Waals surface area contributed by atoms with Crippen LogP contribution < -0.4 is 0 Å². The predicted molar refractivity (Wildman–Crippen MR) is 103 cm³/mol. The van der Waals surface area contributed by atoms with E-state index in [0.717, 1.165) is 52.2 Å². The highest BCUT2D eigenvalue weighted by molar-refractivity contribution is 9.11. The Morgan fingerprint density at radius 2 is 1.88 bits per heavy atom. The number of rotatable bonds is 3. The van der Waals surface area contributed by atoms with E-state index in [0.29, 0.717) is 0 Å². The summed E-state index contributed by atoms with van der Waals surface area (Å²) in [7, 11) is 0. The van der Waals surface area contributed by atoms with Crippen molar-refractivity contribution in [2.75, 3.05) is 13.1 Å². The molecule has 1 saturated heterocycles. The Morgan fingerprint density at radius 3 is 2.58 bits per heavy atom. The molecule has 24 heavy (non-hydrogen) atoms. The summed E-state index contributed by atoms with van der Waals surface area (Å²) < 4.78 is 4.43. The lowest BCUT2D eigenvalue weighted by molar-refractivity contribution is 0.0783. The highest BCUT2D eigenvalue weighted by atomic mass is 79.9. The molecule has 1 aromatic carbocycles. The van der Waals surface area contributed by atoms with Crippen LogP contribution in [0.5, 0.6) is 0 Å². The van der Waals surface area contributed by atoms with Gasteiger partial charge in [-0.2, -0.15) is 0 Å². The van der Waals surface area contributed by atoms with Crippen LogP contribution in [0.2, 0.25) is 0 Å². The molecule has 2 aromatic heterocycles. The Bertz CT molecular complexity index is 888. The van der Waals surface area contributed by atoms with Crippen molar-refractivity contribution in [2.45, 2.75) is 26.3 Å². The summed E-state index contributed by atoms with van der Waals surface area (Å²) >= 11 is 5.26. The second-order valence-electron chi connectivity index (χ2n) is 6.40. The first kappa shape index (κ1) is 15.9. The van der Waals surface area contributed by atoms with Crippen molar-refractivity contribution in [3.63, 3.8) is 0 Å². The predicted octanol–water partition coefficient (Wildman–Crippen LogP) is 5.06. The molecule has 0 aliphatic carbocycles. The van der Waals surface area contributed by atoms with Crippen LogP contribution in [-0.2, 0) is 6.54 Å². The van der Waals surface area contributed by atoms with E-state index < -0.39 is 0 Å². The third kappa shape index (κ3) is 2.91. The Kier molecular flexibility index (Phi) is 4.22. The van der Waals surface area contributed by atoms with Crippen molar-refractivity contribution in [1.82, 2.24) is 9.47 Å². The van der Waals surface area contributed by atoms with Gasteiger partial charge in [-0.3, -0.25) is 4.79 Å². The van der Waals surface area contributed by atoms with Crippen molar-refractivity contribution in [1.29, 1.82) is 0 Å². The van der Waals surface area contributed by atoms with E-state index in [2.05, 4.69) is 63.8 Å². The van der Waals surface area contributed by atoms with Crippen molar-refractivity contribution < 1.29 is 4.79 Å². The molecule has 1 fully saturated rings. The third-order valence-corrected chi connectivity index (χ3v) is 6.21. The summed E-state index contributed by atoms with van der Waals surface area (Å²) in [4.78, 5) is 14.9. The molecule has 3 aromatic rings. The number of carbonyl (C=O) groups is 1. The number of hydrogen-bond donors (Lipinski definition) is 0. The first-order chi connectivity index (χ1) is 11.6. The molecule has 0 atom stereocenters. The van der Waals surface area contributed by atoms with Crippen molar-refractivity contribution in [3.05, 3.63) is 57.0 Å². The zero-order valence-electron chi connectivity index (χ0n) is 13.6. The lowest BCUT2D eigenvalue weighted by Gasteiger charge is -2.17. The molecule has 0 radical (unpaired) electrons. The molecule has 3 nitrogen and oxygen atoms in total. The minimum absolute atomic E-state index is 0.166. The molecule has 1 amide bonds. The number of fused-ring (bicyclic) bond motifs is 1. The molecule has 0 bridgehead atoms. The number of likely N-dealkylation sites (tertiary alicyclic amines) is 1.